The molecule has 1 heterocycles. The first-order valence-electron chi connectivity index (χ1n) is 10.8. The first-order valence-corrected chi connectivity index (χ1v) is 12.3. The van der Waals surface area contributed by atoms with Crippen molar-refractivity contribution in [3.8, 4) is 0 Å². The largest absolute Gasteiger partial charge is 0.379 e. The number of sulfonamides is 1. The van der Waals surface area contributed by atoms with Crippen LogP contribution in [0.3, 0.4) is 0 Å². The SMILES string of the molecule is CCN(CC)S(=O)(=O)c1ccc(F)c(C(=O)Nc2ccc(CCN3CCOCC3)cc2)c1. The topological polar surface area (TPSA) is 79.0 Å². The lowest BCUT2D eigenvalue weighted by Crippen LogP contribution is -2.37. The van der Waals surface area contributed by atoms with E-state index in [9.17, 15) is 17.6 Å². The van der Waals surface area contributed by atoms with Crippen LogP contribution in [0.2, 0.25) is 0 Å². The molecule has 9 heteroatoms. The molecule has 0 saturated carbocycles. The number of anilines is 1. The number of morpholine rings is 1. The summed E-state index contributed by atoms with van der Waals surface area (Å²) >= 11 is 0. The second-order valence-corrected chi connectivity index (χ2v) is 9.52. The summed E-state index contributed by atoms with van der Waals surface area (Å²) in [6.45, 7) is 8.36. The molecule has 0 bridgehead atoms. The zero-order chi connectivity index (χ0) is 23.1. The molecule has 1 fully saturated rings. The summed E-state index contributed by atoms with van der Waals surface area (Å²) < 4.78 is 46.4. The van der Waals surface area contributed by atoms with Gasteiger partial charge in [0.25, 0.3) is 5.91 Å². The number of benzene rings is 2. The molecule has 0 aliphatic carbocycles. The van der Waals surface area contributed by atoms with Gasteiger partial charge in [-0.25, -0.2) is 12.8 Å². The molecule has 0 spiro atoms. The molecule has 2 aromatic rings. The van der Waals surface area contributed by atoms with Gasteiger partial charge in [0, 0.05) is 38.4 Å². The lowest BCUT2D eigenvalue weighted by atomic mass is 10.1. The van der Waals surface area contributed by atoms with E-state index >= 15 is 0 Å². The Balaban J connectivity index is 1.67. The minimum Gasteiger partial charge on any atom is -0.379 e. The van der Waals surface area contributed by atoms with Gasteiger partial charge in [0.05, 0.1) is 23.7 Å². The molecule has 1 N–H and O–H groups in total. The van der Waals surface area contributed by atoms with Crippen LogP contribution in [0, 0.1) is 5.82 Å². The van der Waals surface area contributed by atoms with Crippen molar-refractivity contribution in [2.24, 2.45) is 0 Å². The smallest absolute Gasteiger partial charge is 0.258 e. The van der Waals surface area contributed by atoms with Gasteiger partial charge in [-0.15, -0.1) is 0 Å². The van der Waals surface area contributed by atoms with Gasteiger partial charge >= 0.3 is 0 Å². The summed E-state index contributed by atoms with van der Waals surface area (Å²) in [5.74, 6) is -1.47. The fourth-order valence-corrected chi connectivity index (χ4v) is 5.10. The van der Waals surface area contributed by atoms with Crippen LogP contribution in [0.5, 0.6) is 0 Å². The molecule has 7 nitrogen and oxygen atoms in total. The van der Waals surface area contributed by atoms with E-state index < -0.39 is 21.7 Å². The number of rotatable bonds is 9. The van der Waals surface area contributed by atoms with E-state index in [1.807, 2.05) is 12.1 Å². The fourth-order valence-electron chi connectivity index (χ4n) is 3.62. The minimum atomic E-state index is -3.79. The maximum absolute atomic E-state index is 14.3. The van der Waals surface area contributed by atoms with Crippen LogP contribution >= 0.6 is 0 Å². The van der Waals surface area contributed by atoms with Crippen LogP contribution in [-0.4, -0.2) is 69.5 Å². The van der Waals surface area contributed by atoms with Crippen molar-refractivity contribution in [2.75, 3.05) is 51.3 Å². The molecule has 174 valence electrons. The van der Waals surface area contributed by atoms with Crippen molar-refractivity contribution < 1.29 is 22.3 Å². The van der Waals surface area contributed by atoms with Crippen molar-refractivity contribution in [1.29, 1.82) is 0 Å². The highest BCUT2D eigenvalue weighted by atomic mass is 32.2. The highest BCUT2D eigenvalue weighted by molar-refractivity contribution is 7.89. The summed E-state index contributed by atoms with van der Waals surface area (Å²) in [6.07, 6.45) is 0.883. The quantitative estimate of drug-likeness (QED) is 0.619. The number of carbonyl (C=O) groups is 1. The van der Waals surface area contributed by atoms with Crippen LogP contribution in [-0.2, 0) is 21.2 Å². The predicted octanol–water partition coefficient (Wildman–Crippen LogP) is 2.98. The Hall–Kier alpha value is -2.33. The summed E-state index contributed by atoms with van der Waals surface area (Å²) in [4.78, 5) is 14.9. The van der Waals surface area contributed by atoms with Crippen LogP contribution in [0.15, 0.2) is 47.4 Å². The maximum Gasteiger partial charge on any atom is 0.258 e. The molecule has 1 aliphatic heterocycles. The Morgan fingerprint density at radius 1 is 1.09 bits per heavy atom. The molecule has 0 aromatic heterocycles. The molecule has 1 amide bonds. The zero-order valence-corrected chi connectivity index (χ0v) is 19.3. The van der Waals surface area contributed by atoms with E-state index in [1.54, 1.807) is 26.0 Å². The Morgan fingerprint density at radius 3 is 2.38 bits per heavy atom. The molecule has 0 atom stereocenters. The van der Waals surface area contributed by atoms with Crippen molar-refractivity contribution in [2.45, 2.75) is 25.2 Å². The number of ether oxygens (including phenoxy) is 1. The van der Waals surface area contributed by atoms with Crippen LogP contribution in [0.4, 0.5) is 10.1 Å². The Bertz CT molecular complexity index is 1020. The van der Waals surface area contributed by atoms with E-state index in [2.05, 4.69) is 10.2 Å². The minimum absolute atomic E-state index is 0.105. The molecule has 0 unspecified atom stereocenters. The van der Waals surface area contributed by atoms with E-state index in [1.165, 1.54) is 10.4 Å². The average Bonchev–Trinajstić information content (AvgIpc) is 2.80. The second-order valence-electron chi connectivity index (χ2n) is 7.59. The maximum atomic E-state index is 14.3. The van der Waals surface area contributed by atoms with E-state index in [4.69, 9.17) is 4.74 Å². The van der Waals surface area contributed by atoms with E-state index in [-0.39, 0.29) is 23.5 Å². The molecule has 0 radical (unpaired) electrons. The predicted molar refractivity (Wildman–Crippen MR) is 122 cm³/mol. The van der Waals surface area contributed by atoms with Gasteiger partial charge in [0.15, 0.2) is 0 Å². The number of hydrogen-bond acceptors (Lipinski definition) is 5. The Labute approximate surface area is 189 Å². The Kier molecular flexibility index (Phi) is 8.36. The van der Waals surface area contributed by atoms with Crippen LogP contribution < -0.4 is 5.32 Å². The van der Waals surface area contributed by atoms with Gasteiger partial charge in [-0.3, -0.25) is 9.69 Å². The summed E-state index contributed by atoms with van der Waals surface area (Å²) in [7, 11) is -3.79. The van der Waals surface area contributed by atoms with Crippen LogP contribution in [0.25, 0.3) is 0 Å². The number of carbonyl (C=O) groups excluding carboxylic acids is 1. The molecular formula is C23H30FN3O4S. The third-order valence-electron chi connectivity index (χ3n) is 5.56. The number of amides is 1. The molecule has 2 aromatic carbocycles. The Morgan fingerprint density at radius 2 is 1.75 bits per heavy atom. The number of hydrogen-bond donors (Lipinski definition) is 1. The summed E-state index contributed by atoms with van der Waals surface area (Å²) in [6, 6.07) is 10.7. The van der Waals surface area contributed by atoms with E-state index in [0.29, 0.717) is 5.69 Å². The molecular weight excluding hydrogens is 433 g/mol. The van der Waals surface area contributed by atoms with Gasteiger partial charge in [0.1, 0.15) is 5.82 Å². The highest BCUT2D eigenvalue weighted by Gasteiger charge is 2.24. The second kappa shape index (κ2) is 11.0. The van der Waals surface area contributed by atoms with Crippen molar-refractivity contribution in [3.05, 3.63) is 59.4 Å². The van der Waals surface area contributed by atoms with Gasteiger partial charge in [0.2, 0.25) is 10.0 Å². The number of halogens is 1. The van der Waals surface area contributed by atoms with Crippen molar-refractivity contribution >= 4 is 21.6 Å². The van der Waals surface area contributed by atoms with Crippen LogP contribution in [0.1, 0.15) is 29.8 Å². The fraction of sp³-hybridized carbons (Fsp3) is 0.435. The van der Waals surface area contributed by atoms with Gasteiger partial charge < -0.3 is 10.1 Å². The lowest BCUT2D eigenvalue weighted by Gasteiger charge is -2.26. The number of nitrogens with one attached hydrogen (secondary N) is 1. The first-order chi connectivity index (χ1) is 15.3. The monoisotopic (exact) mass is 463 g/mol. The summed E-state index contributed by atoms with van der Waals surface area (Å²) in [5.41, 5.74) is 1.34. The molecule has 1 saturated heterocycles. The van der Waals surface area contributed by atoms with Crippen molar-refractivity contribution in [3.63, 3.8) is 0 Å². The number of nitrogens with zero attached hydrogens (tertiary/aromatic N) is 2. The molecule has 32 heavy (non-hydrogen) atoms. The highest BCUT2D eigenvalue weighted by Crippen LogP contribution is 2.21. The van der Waals surface area contributed by atoms with E-state index in [0.717, 1.165) is 57.0 Å². The van der Waals surface area contributed by atoms with Crippen molar-refractivity contribution in [1.82, 2.24) is 9.21 Å². The first kappa shape index (κ1) is 24.3. The van der Waals surface area contributed by atoms with Gasteiger partial charge in [-0.05, 0) is 42.3 Å². The lowest BCUT2D eigenvalue weighted by molar-refractivity contribution is 0.0384. The zero-order valence-electron chi connectivity index (χ0n) is 18.5. The molecule has 3 rings (SSSR count). The van der Waals surface area contributed by atoms with Gasteiger partial charge in [-0.2, -0.15) is 4.31 Å². The standard InChI is InChI=1S/C23H30FN3O4S/c1-3-27(4-2)32(29,30)20-9-10-22(24)21(17-20)23(28)25-19-7-5-18(6-8-19)11-12-26-13-15-31-16-14-26/h5-10,17H,3-4,11-16H2,1-2H3,(H,25,28). The normalized spacial score (nSPS) is 15.1. The average molecular weight is 464 g/mol. The summed E-state index contributed by atoms with van der Waals surface area (Å²) in [5, 5.41) is 2.65. The van der Waals surface area contributed by atoms with Gasteiger partial charge in [-0.1, -0.05) is 26.0 Å². The third kappa shape index (κ3) is 5.92. The third-order valence-corrected chi connectivity index (χ3v) is 7.60. The molecule has 1 aliphatic rings.